The van der Waals surface area contributed by atoms with Gasteiger partial charge < -0.3 is 24.4 Å². The van der Waals surface area contributed by atoms with E-state index in [9.17, 15) is 37.8 Å². The minimum atomic E-state index is -4.51. The summed E-state index contributed by atoms with van der Waals surface area (Å²) in [5, 5.41) is 23.2. The quantitative estimate of drug-likeness (QED) is 0.262. The Morgan fingerprint density at radius 2 is 1.98 bits per heavy atom. The first-order chi connectivity index (χ1) is 18.7. The molecule has 3 saturated heterocycles. The Morgan fingerprint density at radius 3 is 2.65 bits per heavy atom. The van der Waals surface area contributed by atoms with Gasteiger partial charge in [0.05, 0.1) is 31.1 Å². The summed E-state index contributed by atoms with van der Waals surface area (Å²) in [6, 6.07) is -3.63. The highest BCUT2D eigenvalue weighted by Gasteiger charge is 2.56. The fourth-order valence-corrected chi connectivity index (χ4v) is 6.49. The number of urea groups is 1. The van der Waals surface area contributed by atoms with Crippen LogP contribution in [0.3, 0.4) is 0 Å². The van der Waals surface area contributed by atoms with Crippen LogP contribution >= 0.6 is 0 Å². The summed E-state index contributed by atoms with van der Waals surface area (Å²) in [6.45, 7) is 2.61. The number of aliphatic hydroxyl groups is 2. The van der Waals surface area contributed by atoms with Crippen LogP contribution in [0.5, 0.6) is 0 Å². The minimum absolute atomic E-state index is 0.0409. The SMILES string of the molecule is CC(=O)O[C@H]1C[C@H]2O[C@@H]1COS(=O)(=O)N[C@H]1C[C@@H](O[C@@H]1CO)N1C(=O)NC(=O)[C@](C)(O)[C@@H]1c1nc(=O)n2cc1C. The third kappa shape index (κ3) is 5.00. The van der Waals surface area contributed by atoms with E-state index in [2.05, 4.69) is 9.71 Å². The predicted octanol–water partition coefficient (Wildman–Crippen LogP) is -2.54. The van der Waals surface area contributed by atoms with Crippen molar-refractivity contribution in [1.82, 2.24) is 24.5 Å². The van der Waals surface area contributed by atoms with Crippen molar-refractivity contribution < 1.29 is 51.4 Å². The van der Waals surface area contributed by atoms with Crippen molar-refractivity contribution in [3.8, 4) is 0 Å². The number of esters is 1. The van der Waals surface area contributed by atoms with Crippen LogP contribution < -0.4 is 15.7 Å². The fourth-order valence-electron chi connectivity index (χ4n) is 5.49. The second-order valence-corrected chi connectivity index (χ2v) is 11.6. The van der Waals surface area contributed by atoms with Gasteiger partial charge in [0, 0.05) is 26.0 Å². The van der Waals surface area contributed by atoms with Gasteiger partial charge in [0.15, 0.2) is 5.60 Å². The lowest BCUT2D eigenvalue weighted by Crippen LogP contribution is -2.67. The molecule has 220 valence electrons. The van der Waals surface area contributed by atoms with Crippen molar-refractivity contribution in [3.05, 3.63) is 27.9 Å². The van der Waals surface area contributed by atoms with E-state index in [-0.39, 0.29) is 18.5 Å². The first-order valence-corrected chi connectivity index (χ1v) is 13.8. The molecule has 6 heterocycles. The molecule has 5 aliphatic heterocycles. The number of hydrogen-bond donors (Lipinski definition) is 4. The van der Waals surface area contributed by atoms with Gasteiger partial charge in [-0.1, -0.05) is 0 Å². The lowest BCUT2D eigenvalue weighted by molar-refractivity contribution is -0.159. The number of fused-ring (bicyclic) bond motifs is 5. The number of amides is 3. The van der Waals surface area contributed by atoms with Crippen LogP contribution in [0.4, 0.5) is 4.79 Å². The molecule has 18 heteroatoms. The number of hydrogen-bond acceptors (Lipinski definition) is 13. The van der Waals surface area contributed by atoms with Crippen LogP contribution in [0.1, 0.15) is 50.2 Å². The normalized spacial score (nSPS) is 37.2. The molecule has 1 aromatic heterocycles. The van der Waals surface area contributed by atoms with Crippen molar-refractivity contribution in [2.24, 2.45) is 0 Å². The Labute approximate surface area is 227 Å². The lowest BCUT2D eigenvalue weighted by Gasteiger charge is -2.45. The van der Waals surface area contributed by atoms with Crippen LogP contribution in [0.25, 0.3) is 0 Å². The van der Waals surface area contributed by atoms with Crippen molar-refractivity contribution >= 4 is 28.2 Å². The summed E-state index contributed by atoms with van der Waals surface area (Å²) in [5.41, 5.74) is -2.98. The van der Waals surface area contributed by atoms with Gasteiger partial charge in [-0.15, -0.1) is 0 Å². The van der Waals surface area contributed by atoms with Gasteiger partial charge in [0.2, 0.25) is 0 Å². The average molecular weight is 588 g/mol. The van der Waals surface area contributed by atoms with E-state index in [1.807, 2.05) is 5.32 Å². The van der Waals surface area contributed by atoms with Gasteiger partial charge in [0.25, 0.3) is 5.91 Å². The molecule has 8 atom stereocenters. The minimum Gasteiger partial charge on any atom is -0.460 e. The zero-order valence-electron chi connectivity index (χ0n) is 21.7. The molecule has 6 rings (SSSR count). The van der Waals surface area contributed by atoms with Crippen LogP contribution in [0, 0.1) is 6.92 Å². The molecule has 4 N–H and O–H groups in total. The Morgan fingerprint density at radius 1 is 1.25 bits per heavy atom. The van der Waals surface area contributed by atoms with Crippen LogP contribution in [-0.2, 0) is 38.3 Å². The Balaban J connectivity index is 1.66. The number of aromatic nitrogens is 2. The molecule has 40 heavy (non-hydrogen) atoms. The van der Waals surface area contributed by atoms with Crippen LogP contribution in [0.2, 0.25) is 0 Å². The van der Waals surface area contributed by atoms with Crippen LogP contribution in [0.15, 0.2) is 11.0 Å². The van der Waals surface area contributed by atoms with Gasteiger partial charge in [-0.25, -0.2) is 9.59 Å². The summed E-state index contributed by atoms with van der Waals surface area (Å²) in [6.07, 6.45) is -4.43. The Kier molecular flexibility index (Phi) is 7.22. The number of carbonyl (C=O) groups excluding carboxylic acids is 3. The zero-order valence-corrected chi connectivity index (χ0v) is 22.5. The molecule has 0 spiro atoms. The van der Waals surface area contributed by atoms with E-state index in [0.29, 0.717) is 5.56 Å². The third-order valence-electron chi connectivity index (χ3n) is 7.38. The highest BCUT2D eigenvalue weighted by atomic mass is 32.2. The van der Waals surface area contributed by atoms with Gasteiger partial charge >= 0.3 is 28.0 Å². The average Bonchev–Trinajstić information content (AvgIpc) is 3.43. The van der Waals surface area contributed by atoms with Gasteiger partial charge in [0.1, 0.15) is 30.7 Å². The summed E-state index contributed by atoms with van der Waals surface area (Å²) in [5.74, 6) is -1.71. The molecule has 3 fully saturated rings. The zero-order chi connectivity index (χ0) is 29.1. The third-order valence-corrected chi connectivity index (χ3v) is 8.41. The highest BCUT2D eigenvalue weighted by Crippen LogP contribution is 2.40. The molecule has 0 aliphatic carbocycles. The Hall–Kier alpha value is -3.00. The maximum absolute atomic E-state index is 13.3. The smallest absolute Gasteiger partial charge is 0.349 e. The molecule has 1 aromatic rings. The predicted molar refractivity (Wildman–Crippen MR) is 128 cm³/mol. The second kappa shape index (κ2) is 10.1. The monoisotopic (exact) mass is 587 g/mol. The number of aliphatic hydroxyl groups excluding tert-OH is 1. The van der Waals surface area contributed by atoms with Crippen molar-refractivity contribution in [1.29, 1.82) is 0 Å². The van der Waals surface area contributed by atoms with Crippen molar-refractivity contribution in [2.45, 2.75) is 82.1 Å². The summed E-state index contributed by atoms with van der Waals surface area (Å²) < 4.78 is 51.1. The maximum Gasteiger partial charge on any atom is 0.349 e. The van der Waals surface area contributed by atoms with Crippen LogP contribution in [-0.4, -0.2) is 100 Å². The summed E-state index contributed by atoms with van der Waals surface area (Å²) in [4.78, 5) is 55.9. The number of ether oxygens (including phenoxy) is 3. The number of nitrogens with zero attached hydrogens (tertiary/aromatic N) is 3. The number of rotatable bonds is 2. The molecule has 17 nitrogen and oxygen atoms in total. The number of aryl methyl sites for hydroxylation is 1. The lowest BCUT2D eigenvalue weighted by atomic mass is 9.87. The second-order valence-electron chi connectivity index (χ2n) is 10.2. The van der Waals surface area contributed by atoms with E-state index < -0.39 is 95.6 Å². The highest BCUT2D eigenvalue weighted by molar-refractivity contribution is 7.84. The molecule has 5 aliphatic rings. The molecule has 0 radical (unpaired) electrons. The van der Waals surface area contributed by atoms with E-state index in [4.69, 9.17) is 18.4 Å². The molecule has 0 unspecified atom stereocenters. The Bertz CT molecular complexity index is 1400. The summed E-state index contributed by atoms with van der Waals surface area (Å²) in [7, 11) is -4.51. The van der Waals surface area contributed by atoms with Gasteiger partial charge in [-0.2, -0.15) is 18.1 Å². The van der Waals surface area contributed by atoms with Gasteiger partial charge in [-0.05, 0) is 19.4 Å². The van der Waals surface area contributed by atoms with Gasteiger partial charge in [-0.3, -0.25) is 28.6 Å². The van der Waals surface area contributed by atoms with E-state index in [1.165, 1.54) is 6.20 Å². The fraction of sp³-hybridized carbons (Fsp3) is 0.682. The molecule has 6 bridgehead atoms. The molecule has 3 amide bonds. The largest absolute Gasteiger partial charge is 0.460 e. The number of carbonyl (C=O) groups is 3. The van der Waals surface area contributed by atoms with E-state index in [1.54, 1.807) is 6.92 Å². The maximum atomic E-state index is 13.3. The van der Waals surface area contributed by atoms with Crippen molar-refractivity contribution in [3.63, 3.8) is 0 Å². The van der Waals surface area contributed by atoms with E-state index >= 15 is 0 Å². The first-order valence-electron chi connectivity index (χ1n) is 12.4. The number of nitrogens with one attached hydrogen (secondary N) is 2. The first kappa shape index (κ1) is 28.5. The summed E-state index contributed by atoms with van der Waals surface area (Å²) >= 11 is 0. The van der Waals surface area contributed by atoms with E-state index in [0.717, 1.165) is 23.3 Å². The topological polar surface area (TPSA) is 225 Å². The van der Waals surface area contributed by atoms with Crippen molar-refractivity contribution in [2.75, 3.05) is 13.2 Å². The molecule has 0 saturated carbocycles. The standard InChI is InChI=1S/C22H29N5O12S/c1-9-6-26-15-5-12(37-10(2)29)14(39-15)8-36-40(34,35)25-11-4-16(38-13(11)7-28)27-18(17(9)23-20(26)31)22(3,33)19(30)24-21(27)32/h6,11-16,18,25,28,33H,4-5,7-8H2,1-3H3,(H,24,30,32)/t11-,12-,13+,14+,15+,16+,18-,22+/m0/s1. The molecule has 0 aromatic carbocycles. The molecular formula is C22H29N5O12S. The number of imide groups is 1. The molecular weight excluding hydrogens is 558 g/mol.